The lowest BCUT2D eigenvalue weighted by atomic mass is 9.87. The molecule has 0 N–H and O–H groups in total. The molecule has 284 valence electrons. The summed E-state index contributed by atoms with van der Waals surface area (Å²) in [7, 11) is 0. The molecule has 0 saturated heterocycles. The number of benzene rings is 5. The minimum absolute atomic E-state index is 0.118. The van der Waals surface area contributed by atoms with Crippen molar-refractivity contribution >= 4 is 0 Å². The quantitative estimate of drug-likeness (QED) is 0.101. The van der Waals surface area contributed by atoms with Gasteiger partial charge in [-0.25, -0.2) is 0 Å². The van der Waals surface area contributed by atoms with Crippen LogP contribution >= 0.6 is 0 Å². The van der Waals surface area contributed by atoms with Crippen LogP contribution in [0.15, 0.2) is 109 Å². The van der Waals surface area contributed by atoms with Gasteiger partial charge in [0.25, 0.3) is 0 Å². The third-order valence-corrected chi connectivity index (χ3v) is 9.97. The molecule has 0 unspecified atom stereocenters. The fraction of sp³-hybridized carbons (Fsp3) is 0.388. The first-order valence-electron chi connectivity index (χ1n) is 19.7. The molecule has 5 aromatic carbocycles. The van der Waals surface area contributed by atoms with Crippen molar-refractivity contribution in [3.8, 4) is 28.7 Å². The monoisotopic (exact) mass is 726 g/mol. The molecule has 0 aliphatic heterocycles. The van der Waals surface area contributed by atoms with Gasteiger partial charge in [-0.15, -0.1) is 0 Å². The molecule has 0 aromatic heterocycles. The van der Waals surface area contributed by atoms with E-state index in [0.29, 0.717) is 33.0 Å². The second-order valence-electron chi connectivity index (χ2n) is 16.5. The highest BCUT2D eigenvalue weighted by molar-refractivity contribution is 5.42. The Bertz CT molecular complexity index is 1830. The van der Waals surface area contributed by atoms with Crippen molar-refractivity contribution in [2.75, 3.05) is 26.4 Å². The minimum atomic E-state index is 0.118. The standard InChI is InChI=1S/C49H58O5/c1-48(2,3)41-19-23-43(24-20-41)50-27-7-29-52-45-31-39(32-46(34-45)53-30-8-28-51-44-25-21-42(22-26-44)49(4,5)6)35-54-47-33-38-14-13-36-9-11-37(12-10-36)15-17-40(47)18-16-38/h9-12,16,18-26,31-34H,7-8,13-15,17,27-30,35H2,1-6H3. The predicted octanol–water partition coefficient (Wildman–Crippen LogP) is 11.4. The van der Waals surface area contributed by atoms with E-state index in [0.717, 1.165) is 72.8 Å². The summed E-state index contributed by atoms with van der Waals surface area (Å²) >= 11 is 0. The Hall–Kier alpha value is -4.90. The molecule has 5 heteroatoms. The van der Waals surface area contributed by atoms with Crippen LogP contribution in [0.25, 0.3) is 0 Å². The molecule has 9 rings (SSSR count). The molecule has 4 bridgehead atoms. The van der Waals surface area contributed by atoms with Crippen molar-refractivity contribution in [3.05, 3.63) is 148 Å². The van der Waals surface area contributed by atoms with Gasteiger partial charge in [0.2, 0.25) is 0 Å². The second kappa shape index (κ2) is 18.0. The Labute approximate surface area is 323 Å². The molecule has 4 aliphatic carbocycles. The van der Waals surface area contributed by atoms with Gasteiger partial charge in [0.15, 0.2) is 0 Å². The van der Waals surface area contributed by atoms with E-state index in [1.54, 1.807) is 0 Å². The highest BCUT2D eigenvalue weighted by atomic mass is 16.5. The molecule has 0 spiro atoms. The van der Waals surface area contributed by atoms with E-state index in [1.807, 2.05) is 30.3 Å². The zero-order valence-electron chi connectivity index (χ0n) is 33.2. The zero-order valence-corrected chi connectivity index (χ0v) is 33.2. The maximum atomic E-state index is 6.59. The van der Waals surface area contributed by atoms with Gasteiger partial charge in [0.1, 0.15) is 35.4 Å². The summed E-state index contributed by atoms with van der Waals surface area (Å²) in [5, 5.41) is 0. The highest BCUT2D eigenvalue weighted by Gasteiger charge is 2.15. The first kappa shape index (κ1) is 38.8. The van der Waals surface area contributed by atoms with E-state index in [1.165, 1.54) is 33.4 Å². The van der Waals surface area contributed by atoms with E-state index in [4.69, 9.17) is 23.7 Å². The molecular weight excluding hydrogens is 669 g/mol. The molecule has 54 heavy (non-hydrogen) atoms. The zero-order chi connectivity index (χ0) is 38.0. The van der Waals surface area contributed by atoms with Crippen LogP contribution < -0.4 is 23.7 Å². The summed E-state index contributed by atoms with van der Waals surface area (Å²) in [6, 6.07) is 38.7. The lowest BCUT2D eigenvalue weighted by Crippen LogP contribution is -2.11. The van der Waals surface area contributed by atoms with Crippen molar-refractivity contribution in [2.45, 2.75) is 97.5 Å². The Morgan fingerprint density at radius 2 is 0.833 bits per heavy atom. The van der Waals surface area contributed by atoms with Crippen LogP contribution in [0.4, 0.5) is 0 Å². The summed E-state index contributed by atoms with van der Waals surface area (Å²) in [5.74, 6) is 4.23. The summed E-state index contributed by atoms with van der Waals surface area (Å²) in [4.78, 5) is 0. The van der Waals surface area contributed by atoms with Crippen LogP contribution in [-0.4, -0.2) is 26.4 Å². The highest BCUT2D eigenvalue weighted by Crippen LogP contribution is 2.29. The van der Waals surface area contributed by atoms with Gasteiger partial charge in [-0.1, -0.05) is 102 Å². The van der Waals surface area contributed by atoms with E-state index in [-0.39, 0.29) is 10.8 Å². The normalized spacial score (nSPS) is 12.9. The summed E-state index contributed by atoms with van der Waals surface area (Å²) in [5.41, 5.74) is 9.07. The topological polar surface area (TPSA) is 46.2 Å². The molecule has 0 atom stereocenters. The van der Waals surface area contributed by atoms with Crippen LogP contribution in [0.2, 0.25) is 0 Å². The second-order valence-corrected chi connectivity index (χ2v) is 16.5. The van der Waals surface area contributed by atoms with Crippen molar-refractivity contribution < 1.29 is 23.7 Å². The maximum absolute atomic E-state index is 6.59. The first-order valence-corrected chi connectivity index (χ1v) is 19.7. The molecule has 0 radical (unpaired) electrons. The SMILES string of the molecule is CC(C)(C)c1ccc(OCCCOc2cc(COc3cc4ccc3CCc3ccc(cc3)CC4)cc(OCCCOc3ccc(C(C)(C)C)cc3)c2)cc1. The summed E-state index contributed by atoms with van der Waals surface area (Å²) in [6.07, 6.45) is 5.42. The lowest BCUT2D eigenvalue weighted by molar-refractivity contribution is 0.239. The van der Waals surface area contributed by atoms with Crippen molar-refractivity contribution in [1.29, 1.82) is 0 Å². The van der Waals surface area contributed by atoms with Gasteiger partial charge in [0, 0.05) is 18.9 Å². The van der Waals surface area contributed by atoms with Gasteiger partial charge >= 0.3 is 0 Å². The summed E-state index contributed by atoms with van der Waals surface area (Å²) in [6.45, 7) is 15.9. The molecule has 0 amide bonds. The average Bonchev–Trinajstić information content (AvgIpc) is 3.14. The van der Waals surface area contributed by atoms with Crippen LogP contribution in [0, 0.1) is 0 Å². The minimum Gasteiger partial charge on any atom is -0.493 e. The number of rotatable bonds is 15. The Morgan fingerprint density at radius 1 is 0.407 bits per heavy atom. The third-order valence-electron chi connectivity index (χ3n) is 9.97. The van der Waals surface area contributed by atoms with Crippen molar-refractivity contribution in [1.82, 2.24) is 0 Å². The van der Waals surface area contributed by atoms with Gasteiger partial charge in [0.05, 0.1) is 26.4 Å². The van der Waals surface area contributed by atoms with Crippen LogP contribution in [0.5, 0.6) is 28.7 Å². The van der Waals surface area contributed by atoms with Crippen molar-refractivity contribution in [3.63, 3.8) is 0 Å². The van der Waals surface area contributed by atoms with Gasteiger partial charge < -0.3 is 23.7 Å². The third kappa shape index (κ3) is 11.5. The molecule has 4 aliphatic rings. The lowest BCUT2D eigenvalue weighted by Gasteiger charge is -2.19. The molecule has 0 heterocycles. The fourth-order valence-corrected chi connectivity index (χ4v) is 6.56. The van der Waals surface area contributed by atoms with Crippen LogP contribution in [0.1, 0.15) is 93.3 Å². The molecule has 5 nitrogen and oxygen atoms in total. The predicted molar refractivity (Wildman–Crippen MR) is 220 cm³/mol. The number of ether oxygens (including phenoxy) is 5. The Balaban J connectivity index is 1.07. The first-order chi connectivity index (χ1) is 26.0. The van der Waals surface area contributed by atoms with Gasteiger partial charge in [-0.2, -0.15) is 0 Å². The van der Waals surface area contributed by atoms with E-state index >= 15 is 0 Å². The molecule has 0 fully saturated rings. The number of hydrogen-bond donors (Lipinski definition) is 0. The molecule has 0 saturated carbocycles. The average molecular weight is 727 g/mol. The van der Waals surface area contributed by atoms with Crippen LogP contribution in [0.3, 0.4) is 0 Å². The van der Waals surface area contributed by atoms with Gasteiger partial charge in [-0.05, 0) is 118 Å². The number of hydrogen-bond acceptors (Lipinski definition) is 5. The summed E-state index contributed by atoms with van der Waals surface area (Å²) < 4.78 is 31.2. The van der Waals surface area contributed by atoms with E-state index in [9.17, 15) is 0 Å². The Morgan fingerprint density at radius 3 is 1.31 bits per heavy atom. The maximum Gasteiger partial charge on any atom is 0.123 e. The van der Waals surface area contributed by atoms with Crippen LogP contribution in [-0.2, 0) is 43.1 Å². The largest absolute Gasteiger partial charge is 0.493 e. The van der Waals surface area contributed by atoms with E-state index < -0.39 is 0 Å². The van der Waals surface area contributed by atoms with Gasteiger partial charge in [-0.3, -0.25) is 0 Å². The van der Waals surface area contributed by atoms with Crippen molar-refractivity contribution in [2.24, 2.45) is 0 Å². The number of aryl methyl sites for hydroxylation is 4. The van der Waals surface area contributed by atoms with E-state index in [2.05, 4.69) is 120 Å². The molecule has 5 aromatic rings. The molecular formula is C49H58O5. The smallest absolute Gasteiger partial charge is 0.123 e. The Kier molecular flexibility index (Phi) is 12.9. The fourth-order valence-electron chi connectivity index (χ4n) is 6.56.